The first-order valence-electron chi connectivity index (χ1n) is 5.34. The molecular weight excluding hydrogens is 148 g/mol. The van der Waals surface area contributed by atoms with Gasteiger partial charge < -0.3 is 5.11 Å². The molecule has 0 saturated heterocycles. The number of hydrogen-bond acceptors (Lipinski definition) is 1. The van der Waals surface area contributed by atoms with Crippen LogP contribution in [0.3, 0.4) is 0 Å². The Bertz CT molecular complexity index is 138. The molecule has 1 N–H and O–H groups in total. The van der Waals surface area contributed by atoms with Crippen molar-refractivity contribution in [3.8, 4) is 0 Å². The maximum atomic E-state index is 10.2. The van der Waals surface area contributed by atoms with Crippen molar-refractivity contribution in [3.63, 3.8) is 0 Å². The molecule has 1 rings (SSSR count). The van der Waals surface area contributed by atoms with Gasteiger partial charge in [0.2, 0.25) is 0 Å². The molecule has 0 aromatic carbocycles. The van der Waals surface area contributed by atoms with E-state index in [1.807, 2.05) is 0 Å². The zero-order valence-electron chi connectivity index (χ0n) is 8.64. The highest BCUT2D eigenvalue weighted by atomic mass is 16.3. The topological polar surface area (TPSA) is 20.2 Å². The molecule has 0 aliphatic heterocycles. The van der Waals surface area contributed by atoms with Gasteiger partial charge in [0, 0.05) is 0 Å². The van der Waals surface area contributed by atoms with Crippen LogP contribution in [0.1, 0.15) is 52.9 Å². The molecule has 1 saturated carbocycles. The van der Waals surface area contributed by atoms with Crippen molar-refractivity contribution in [1.29, 1.82) is 0 Å². The average molecular weight is 170 g/mol. The van der Waals surface area contributed by atoms with E-state index < -0.39 is 0 Å². The SMILES string of the molecule is CCC(O)(CC)C1CCC(C)C1. The first-order valence-corrected chi connectivity index (χ1v) is 5.34. The summed E-state index contributed by atoms with van der Waals surface area (Å²) in [5.74, 6) is 1.40. The Hall–Kier alpha value is -0.0400. The van der Waals surface area contributed by atoms with Gasteiger partial charge in [0.25, 0.3) is 0 Å². The Labute approximate surface area is 76.2 Å². The lowest BCUT2D eigenvalue weighted by atomic mass is 9.81. The van der Waals surface area contributed by atoms with Crippen LogP contribution in [0.2, 0.25) is 0 Å². The fraction of sp³-hybridized carbons (Fsp3) is 1.00. The van der Waals surface area contributed by atoms with Gasteiger partial charge >= 0.3 is 0 Å². The standard InChI is InChI=1S/C11H22O/c1-4-11(12,5-2)10-7-6-9(3)8-10/h9-10,12H,4-8H2,1-3H3. The van der Waals surface area contributed by atoms with Gasteiger partial charge in [-0.25, -0.2) is 0 Å². The van der Waals surface area contributed by atoms with Gasteiger partial charge in [0.15, 0.2) is 0 Å². The molecule has 0 amide bonds. The second kappa shape index (κ2) is 3.78. The molecule has 72 valence electrons. The molecule has 0 radical (unpaired) electrons. The Morgan fingerprint density at radius 3 is 2.17 bits per heavy atom. The Balaban J connectivity index is 2.55. The molecule has 1 fully saturated rings. The molecule has 2 atom stereocenters. The molecule has 1 nitrogen and oxygen atoms in total. The Kier molecular flexibility index (Phi) is 3.16. The summed E-state index contributed by atoms with van der Waals surface area (Å²) >= 11 is 0. The minimum atomic E-state index is -0.356. The van der Waals surface area contributed by atoms with Crippen LogP contribution in [0.25, 0.3) is 0 Å². The predicted molar refractivity (Wildman–Crippen MR) is 52.0 cm³/mol. The third-order valence-electron chi connectivity index (χ3n) is 3.68. The van der Waals surface area contributed by atoms with Crippen LogP contribution in [-0.4, -0.2) is 10.7 Å². The van der Waals surface area contributed by atoms with Gasteiger partial charge in [-0.3, -0.25) is 0 Å². The zero-order chi connectivity index (χ0) is 9.19. The van der Waals surface area contributed by atoms with Gasteiger partial charge in [0.1, 0.15) is 0 Å². The molecule has 1 aliphatic rings. The quantitative estimate of drug-likeness (QED) is 0.690. The van der Waals surface area contributed by atoms with Crippen LogP contribution in [-0.2, 0) is 0 Å². The molecule has 0 heterocycles. The number of rotatable bonds is 3. The van der Waals surface area contributed by atoms with Gasteiger partial charge in [-0.15, -0.1) is 0 Å². The fourth-order valence-corrected chi connectivity index (χ4v) is 2.52. The van der Waals surface area contributed by atoms with Gasteiger partial charge in [-0.2, -0.15) is 0 Å². The molecule has 0 bridgehead atoms. The lowest BCUT2D eigenvalue weighted by Crippen LogP contribution is -2.35. The second-order valence-corrected chi connectivity index (χ2v) is 4.43. The van der Waals surface area contributed by atoms with E-state index in [1.54, 1.807) is 0 Å². The van der Waals surface area contributed by atoms with Gasteiger partial charge in [-0.1, -0.05) is 27.2 Å². The third-order valence-corrected chi connectivity index (χ3v) is 3.68. The summed E-state index contributed by atoms with van der Waals surface area (Å²) in [6, 6.07) is 0. The fourth-order valence-electron chi connectivity index (χ4n) is 2.52. The highest BCUT2D eigenvalue weighted by Gasteiger charge is 2.37. The van der Waals surface area contributed by atoms with Gasteiger partial charge in [0.05, 0.1) is 5.60 Å². The van der Waals surface area contributed by atoms with Crippen LogP contribution in [0.4, 0.5) is 0 Å². The average Bonchev–Trinajstić information content (AvgIpc) is 2.51. The maximum Gasteiger partial charge on any atom is 0.0670 e. The maximum absolute atomic E-state index is 10.2. The molecule has 0 aromatic heterocycles. The smallest absolute Gasteiger partial charge is 0.0670 e. The minimum absolute atomic E-state index is 0.356. The van der Waals surface area contributed by atoms with E-state index in [9.17, 15) is 5.11 Å². The zero-order valence-corrected chi connectivity index (χ0v) is 8.64. The van der Waals surface area contributed by atoms with E-state index in [2.05, 4.69) is 20.8 Å². The van der Waals surface area contributed by atoms with E-state index in [-0.39, 0.29) is 5.60 Å². The van der Waals surface area contributed by atoms with Crippen LogP contribution >= 0.6 is 0 Å². The van der Waals surface area contributed by atoms with Crippen molar-refractivity contribution in [2.45, 2.75) is 58.5 Å². The van der Waals surface area contributed by atoms with E-state index in [1.165, 1.54) is 19.3 Å². The lowest BCUT2D eigenvalue weighted by Gasteiger charge is -2.32. The van der Waals surface area contributed by atoms with Gasteiger partial charge in [-0.05, 0) is 37.5 Å². The molecule has 1 aliphatic carbocycles. The third kappa shape index (κ3) is 1.82. The molecule has 0 aromatic rings. The van der Waals surface area contributed by atoms with Crippen LogP contribution < -0.4 is 0 Å². The molecule has 0 spiro atoms. The van der Waals surface area contributed by atoms with Crippen molar-refractivity contribution in [2.24, 2.45) is 11.8 Å². The second-order valence-electron chi connectivity index (χ2n) is 4.43. The van der Waals surface area contributed by atoms with Crippen molar-refractivity contribution in [3.05, 3.63) is 0 Å². The summed E-state index contributed by atoms with van der Waals surface area (Å²) in [5.41, 5.74) is -0.356. The molecular formula is C11H22O. The summed E-state index contributed by atoms with van der Waals surface area (Å²) in [6.07, 6.45) is 5.62. The summed E-state index contributed by atoms with van der Waals surface area (Å²) in [6.45, 7) is 6.50. The Morgan fingerprint density at radius 2 is 1.83 bits per heavy atom. The molecule has 2 unspecified atom stereocenters. The monoisotopic (exact) mass is 170 g/mol. The van der Waals surface area contributed by atoms with Crippen LogP contribution in [0, 0.1) is 11.8 Å². The van der Waals surface area contributed by atoms with Crippen LogP contribution in [0.5, 0.6) is 0 Å². The van der Waals surface area contributed by atoms with E-state index in [0.29, 0.717) is 5.92 Å². The highest BCUT2D eigenvalue weighted by Crippen LogP contribution is 2.40. The minimum Gasteiger partial charge on any atom is -0.390 e. The highest BCUT2D eigenvalue weighted by molar-refractivity contribution is 4.88. The normalized spacial score (nSPS) is 31.0. The van der Waals surface area contributed by atoms with Crippen molar-refractivity contribution in [1.82, 2.24) is 0 Å². The summed E-state index contributed by atoms with van der Waals surface area (Å²) in [4.78, 5) is 0. The van der Waals surface area contributed by atoms with Crippen LogP contribution in [0.15, 0.2) is 0 Å². The first kappa shape index (κ1) is 10.0. The summed E-state index contributed by atoms with van der Waals surface area (Å²) in [7, 11) is 0. The predicted octanol–water partition coefficient (Wildman–Crippen LogP) is 2.97. The summed E-state index contributed by atoms with van der Waals surface area (Å²) in [5, 5.41) is 10.2. The van der Waals surface area contributed by atoms with E-state index in [4.69, 9.17) is 0 Å². The van der Waals surface area contributed by atoms with Crippen molar-refractivity contribution in [2.75, 3.05) is 0 Å². The number of hydrogen-bond donors (Lipinski definition) is 1. The van der Waals surface area contributed by atoms with Crippen molar-refractivity contribution < 1.29 is 5.11 Å². The summed E-state index contributed by atoms with van der Waals surface area (Å²) < 4.78 is 0. The molecule has 1 heteroatoms. The van der Waals surface area contributed by atoms with Crippen molar-refractivity contribution >= 4 is 0 Å². The van der Waals surface area contributed by atoms with E-state index >= 15 is 0 Å². The number of aliphatic hydroxyl groups is 1. The van der Waals surface area contributed by atoms with E-state index in [0.717, 1.165) is 18.8 Å². The lowest BCUT2D eigenvalue weighted by molar-refractivity contribution is -0.0245. The molecule has 12 heavy (non-hydrogen) atoms. The largest absolute Gasteiger partial charge is 0.390 e. The first-order chi connectivity index (χ1) is 5.62. The Morgan fingerprint density at radius 1 is 1.25 bits per heavy atom.